The molecule has 3 rings (SSSR count). The average Bonchev–Trinajstić information content (AvgIpc) is 2.68. The molecule has 0 aliphatic carbocycles. The van der Waals surface area contributed by atoms with Crippen LogP contribution in [0.1, 0.15) is 41.6 Å². The normalized spacial score (nSPS) is 16.4. The molecule has 4 nitrogen and oxygen atoms in total. The second-order valence-corrected chi connectivity index (χ2v) is 6.37. The number of carbonyl (C=O) groups excluding carboxylic acids is 1. The third kappa shape index (κ3) is 6.36. The summed E-state index contributed by atoms with van der Waals surface area (Å²) in [5, 5.41) is 3.52. The largest absolute Gasteiger partial charge is 0.494 e. The highest BCUT2D eigenvalue weighted by molar-refractivity contribution is 5.89. The summed E-state index contributed by atoms with van der Waals surface area (Å²) < 4.78 is 11.1. The highest BCUT2D eigenvalue weighted by atomic mass is 35.5. The lowest BCUT2D eigenvalue weighted by atomic mass is 10.0. The van der Waals surface area contributed by atoms with Gasteiger partial charge in [-0.05, 0) is 55.6 Å². The monoisotopic (exact) mass is 375 g/mol. The van der Waals surface area contributed by atoms with Crippen molar-refractivity contribution in [3.8, 4) is 5.75 Å². The lowest BCUT2D eigenvalue weighted by Crippen LogP contribution is -2.35. The Balaban J connectivity index is 0.00000243. The highest BCUT2D eigenvalue weighted by Crippen LogP contribution is 2.15. The summed E-state index contributed by atoms with van der Waals surface area (Å²) in [6, 6.07) is 17.4. The summed E-state index contributed by atoms with van der Waals surface area (Å²) in [4.78, 5) is 12.1. The Hall–Kier alpha value is -2.04. The Kier molecular flexibility index (Phi) is 8.45. The number of carbonyl (C=O) groups is 1. The van der Waals surface area contributed by atoms with Crippen LogP contribution in [-0.4, -0.2) is 25.2 Å². The fourth-order valence-corrected chi connectivity index (χ4v) is 2.98. The summed E-state index contributed by atoms with van der Waals surface area (Å²) in [6.45, 7) is 2.09. The van der Waals surface area contributed by atoms with Crippen molar-refractivity contribution in [2.24, 2.45) is 0 Å². The second kappa shape index (κ2) is 10.8. The highest BCUT2D eigenvalue weighted by Gasteiger charge is 2.12. The van der Waals surface area contributed by atoms with Crippen molar-refractivity contribution in [1.29, 1.82) is 0 Å². The summed E-state index contributed by atoms with van der Waals surface area (Å²) in [5.41, 5.74) is 1.52. The van der Waals surface area contributed by atoms with Crippen LogP contribution in [0.25, 0.3) is 0 Å². The Labute approximate surface area is 161 Å². The van der Waals surface area contributed by atoms with Gasteiger partial charge in [0.25, 0.3) is 0 Å². The molecule has 140 valence electrons. The van der Waals surface area contributed by atoms with E-state index in [1.54, 1.807) is 12.1 Å². The van der Waals surface area contributed by atoms with Gasteiger partial charge in [0.1, 0.15) is 12.4 Å². The van der Waals surface area contributed by atoms with Gasteiger partial charge in [0.05, 0.1) is 12.2 Å². The number of rotatable bonds is 7. The molecule has 2 aromatic rings. The molecule has 0 bridgehead atoms. The van der Waals surface area contributed by atoms with Gasteiger partial charge in [0, 0.05) is 6.04 Å². The van der Waals surface area contributed by atoms with E-state index in [-0.39, 0.29) is 25.0 Å². The van der Waals surface area contributed by atoms with E-state index in [4.69, 9.17) is 9.47 Å². The molecule has 0 saturated carbocycles. The lowest BCUT2D eigenvalue weighted by molar-refractivity contribution is 0.0472. The molecule has 1 N–H and O–H groups in total. The molecule has 0 radical (unpaired) electrons. The number of benzene rings is 2. The molecule has 1 unspecified atom stereocenters. The molecule has 0 spiro atoms. The van der Waals surface area contributed by atoms with Crippen molar-refractivity contribution in [2.75, 3.05) is 13.2 Å². The Bertz CT molecular complexity index is 655. The van der Waals surface area contributed by atoms with Crippen molar-refractivity contribution in [2.45, 2.75) is 38.3 Å². The number of esters is 1. The first kappa shape index (κ1) is 20.3. The minimum atomic E-state index is -0.318. The molecule has 1 atom stereocenters. The van der Waals surface area contributed by atoms with Gasteiger partial charge >= 0.3 is 5.97 Å². The van der Waals surface area contributed by atoms with E-state index in [2.05, 4.69) is 5.32 Å². The Morgan fingerprint density at radius 2 is 1.81 bits per heavy atom. The Morgan fingerprint density at radius 1 is 1.04 bits per heavy atom. The molecule has 0 aromatic heterocycles. The van der Waals surface area contributed by atoms with Gasteiger partial charge in [-0.3, -0.25) is 0 Å². The third-order valence-electron chi connectivity index (χ3n) is 4.45. The number of ether oxygens (including phenoxy) is 2. The van der Waals surface area contributed by atoms with E-state index < -0.39 is 0 Å². The van der Waals surface area contributed by atoms with Crippen LogP contribution in [-0.2, 0) is 11.3 Å². The van der Waals surface area contributed by atoms with Crippen molar-refractivity contribution in [1.82, 2.24) is 5.32 Å². The number of nitrogens with one attached hydrogen (secondary N) is 1. The van der Waals surface area contributed by atoms with E-state index >= 15 is 0 Å². The van der Waals surface area contributed by atoms with Crippen molar-refractivity contribution in [3.63, 3.8) is 0 Å². The van der Waals surface area contributed by atoms with E-state index in [1.807, 2.05) is 42.5 Å². The summed E-state index contributed by atoms with van der Waals surface area (Å²) >= 11 is 0. The quantitative estimate of drug-likeness (QED) is 0.730. The lowest BCUT2D eigenvalue weighted by Gasteiger charge is -2.23. The molecule has 26 heavy (non-hydrogen) atoms. The minimum Gasteiger partial charge on any atom is -0.494 e. The zero-order valence-corrected chi connectivity index (χ0v) is 15.7. The minimum absolute atomic E-state index is 0. The maximum Gasteiger partial charge on any atom is 0.338 e. The van der Waals surface area contributed by atoms with Crippen LogP contribution in [0, 0.1) is 0 Å². The molecule has 2 aromatic carbocycles. The Morgan fingerprint density at radius 3 is 2.50 bits per heavy atom. The van der Waals surface area contributed by atoms with Gasteiger partial charge < -0.3 is 14.8 Å². The standard InChI is InChI=1S/C21H25NO3.ClH/c23-21(25-16-17-6-2-1-3-7-17)18-9-11-20(12-10-18)24-15-13-19-8-4-5-14-22-19;/h1-3,6-7,9-12,19,22H,4-5,8,13-16H2;1H. The topological polar surface area (TPSA) is 47.6 Å². The molecule has 1 fully saturated rings. The van der Waals surface area contributed by atoms with Gasteiger partial charge in [-0.2, -0.15) is 0 Å². The van der Waals surface area contributed by atoms with Gasteiger partial charge in [0.15, 0.2) is 0 Å². The first-order chi connectivity index (χ1) is 12.3. The van der Waals surface area contributed by atoms with Gasteiger partial charge in [-0.1, -0.05) is 36.8 Å². The molecular formula is C21H26ClNO3. The van der Waals surface area contributed by atoms with E-state index in [0.29, 0.717) is 18.2 Å². The fourth-order valence-electron chi connectivity index (χ4n) is 2.98. The fraction of sp³-hybridized carbons (Fsp3) is 0.381. The molecule has 1 heterocycles. The number of hydrogen-bond acceptors (Lipinski definition) is 4. The molecule has 1 saturated heterocycles. The van der Waals surface area contributed by atoms with Crippen LogP contribution in [0.5, 0.6) is 5.75 Å². The van der Waals surface area contributed by atoms with Crippen LogP contribution in [0.2, 0.25) is 0 Å². The predicted molar refractivity (Wildman–Crippen MR) is 105 cm³/mol. The van der Waals surface area contributed by atoms with Gasteiger partial charge in [0.2, 0.25) is 0 Å². The van der Waals surface area contributed by atoms with Crippen molar-refractivity contribution < 1.29 is 14.3 Å². The van der Waals surface area contributed by atoms with Crippen LogP contribution >= 0.6 is 12.4 Å². The van der Waals surface area contributed by atoms with Crippen LogP contribution < -0.4 is 10.1 Å². The van der Waals surface area contributed by atoms with Crippen molar-refractivity contribution in [3.05, 3.63) is 65.7 Å². The summed E-state index contributed by atoms with van der Waals surface area (Å²) in [6.07, 6.45) is 4.83. The first-order valence-corrected chi connectivity index (χ1v) is 8.98. The van der Waals surface area contributed by atoms with Crippen LogP contribution in [0.4, 0.5) is 0 Å². The zero-order valence-electron chi connectivity index (χ0n) is 14.9. The third-order valence-corrected chi connectivity index (χ3v) is 4.45. The van der Waals surface area contributed by atoms with E-state index in [1.165, 1.54) is 19.3 Å². The van der Waals surface area contributed by atoms with Crippen molar-refractivity contribution >= 4 is 18.4 Å². The zero-order chi connectivity index (χ0) is 17.3. The van der Waals surface area contributed by atoms with E-state index in [9.17, 15) is 4.79 Å². The number of halogens is 1. The summed E-state index contributed by atoms with van der Waals surface area (Å²) in [7, 11) is 0. The maximum atomic E-state index is 12.1. The summed E-state index contributed by atoms with van der Waals surface area (Å²) in [5.74, 6) is 0.470. The molecule has 5 heteroatoms. The first-order valence-electron chi connectivity index (χ1n) is 8.98. The van der Waals surface area contributed by atoms with E-state index in [0.717, 1.165) is 24.3 Å². The molecule has 1 aliphatic rings. The van der Waals surface area contributed by atoms with Gasteiger partial charge in [-0.25, -0.2) is 4.79 Å². The molecule has 1 aliphatic heterocycles. The average molecular weight is 376 g/mol. The molecule has 0 amide bonds. The second-order valence-electron chi connectivity index (χ2n) is 6.37. The number of piperidine rings is 1. The maximum absolute atomic E-state index is 12.1. The van der Waals surface area contributed by atoms with Crippen LogP contribution in [0.15, 0.2) is 54.6 Å². The predicted octanol–water partition coefficient (Wildman–Crippen LogP) is 4.38. The SMILES string of the molecule is Cl.O=C(OCc1ccccc1)c1ccc(OCCC2CCCCN2)cc1. The molecular weight excluding hydrogens is 350 g/mol. The van der Waals surface area contributed by atoms with Crippen LogP contribution in [0.3, 0.4) is 0 Å². The number of hydrogen-bond donors (Lipinski definition) is 1. The van der Waals surface area contributed by atoms with Gasteiger partial charge in [-0.15, -0.1) is 12.4 Å². The smallest absolute Gasteiger partial charge is 0.338 e.